The molecular formula is C17H18N2O3. The van der Waals surface area contributed by atoms with Gasteiger partial charge in [-0.2, -0.15) is 0 Å². The largest absolute Gasteiger partial charge is 0.497 e. The van der Waals surface area contributed by atoms with Crippen LogP contribution >= 0.6 is 0 Å². The predicted octanol–water partition coefficient (Wildman–Crippen LogP) is 2.36. The maximum atomic E-state index is 12.7. The number of benzene rings is 1. The first-order chi connectivity index (χ1) is 10.7. The van der Waals surface area contributed by atoms with Gasteiger partial charge in [0.1, 0.15) is 11.3 Å². The molecule has 1 aromatic heterocycles. The number of carbonyl (C=O) groups excluding carboxylic acids is 1. The van der Waals surface area contributed by atoms with E-state index in [4.69, 9.17) is 4.74 Å². The first-order valence-corrected chi connectivity index (χ1v) is 7.33. The van der Waals surface area contributed by atoms with Crippen LogP contribution in [0.4, 0.5) is 0 Å². The van der Waals surface area contributed by atoms with Crippen LogP contribution < -0.4 is 10.3 Å². The molecule has 0 bridgehead atoms. The van der Waals surface area contributed by atoms with Gasteiger partial charge in [-0.25, -0.2) is 0 Å². The van der Waals surface area contributed by atoms with Crippen LogP contribution in [0.1, 0.15) is 34.8 Å². The van der Waals surface area contributed by atoms with E-state index in [1.165, 1.54) is 6.20 Å². The molecule has 1 saturated heterocycles. The molecule has 1 fully saturated rings. The number of aromatic amines is 1. The number of methoxy groups -OCH3 is 1. The minimum absolute atomic E-state index is 0.0118. The second kappa shape index (κ2) is 6.05. The van der Waals surface area contributed by atoms with Crippen molar-refractivity contribution in [1.82, 2.24) is 9.88 Å². The van der Waals surface area contributed by atoms with Crippen LogP contribution in [0, 0.1) is 0 Å². The molecule has 1 amide bonds. The summed E-state index contributed by atoms with van der Waals surface area (Å²) in [6, 6.07) is 11.0. The molecule has 1 aliphatic heterocycles. The number of amides is 1. The van der Waals surface area contributed by atoms with Crippen LogP contribution in [-0.2, 0) is 0 Å². The summed E-state index contributed by atoms with van der Waals surface area (Å²) in [5.41, 5.74) is 0.888. The summed E-state index contributed by atoms with van der Waals surface area (Å²) in [5, 5.41) is 0. The van der Waals surface area contributed by atoms with Crippen LogP contribution in [0.5, 0.6) is 5.75 Å². The van der Waals surface area contributed by atoms with E-state index >= 15 is 0 Å². The highest BCUT2D eigenvalue weighted by molar-refractivity contribution is 5.94. The van der Waals surface area contributed by atoms with Crippen LogP contribution in [0.2, 0.25) is 0 Å². The summed E-state index contributed by atoms with van der Waals surface area (Å²) >= 11 is 0. The molecule has 5 heteroatoms. The molecule has 1 unspecified atom stereocenters. The molecule has 5 nitrogen and oxygen atoms in total. The van der Waals surface area contributed by atoms with Crippen molar-refractivity contribution in [2.75, 3.05) is 13.7 Å². The summed E-state index contributed by atoms with van der Waals surface area (Å²) in [6.07, 6.45) is 3.35. The first kappa shape index (κ1) is 14.4. The van der Waals surface area contributed by atoms with Gasteiger partial charge in [-0.15, -0.1) is 0 Å². The van der Waals surface area contributed by atoms with Crippen molar-refractivity contribution >= 4 is 5.91 Å². The van der Waals surface area contributed by atoms with E-state index < -0.39 is 0 Å². The molecule has 1 aliphatic rings. The number of nitrogens with zero attached hydrogens (tertiary/aromatic N) is 1. The zero-order valence-electron chi connectivity index (χ0n) is 12.4. The molecule has 0 aliphatic carbocycles. The monoisotopic (exact) mass is 298 g/mol. The Hall–Kier alpha value is -2.56. The van der Waals surface area contributed by atoms with E-state index in [1.807, 2.05) is 24.3 Å². The van der Waals surface area contributed by atoms with E-state index in [1.54, 1.807) is 24.1 Å². The summed E-state index contributed by atoms with van der Waals surface area (Å²) in [7, 11) is 1.63. The third-order valence-electron chi connectivity index (χ3n) is 4.04. The Bertz CT molecular complexity index is 738. The number of hydrogen-bond donors (Lipinski definition) is 1. The second-order valence-electron chi connectivity index (χ2n) is 5.35. The summed E-state index contributed by atoms with van der Waals surface area (Å²) in [6.45, 7) is 0.662. The third-order valence-corrected chi connectivity index (χ3v) is 4.04. The van der Waals surface area contributed by atoms with E-state index in [-0.39, 0.29) is 23.1 Å². The van der Waals surface area contributed by atoms with Gasteiger partial charge in [0.05, 0.1) is 13.2 Å². The van der Waals surface area contributed by atoms with E-state index in [2.05, 4.69) is 4.98 Å². The fourth-order valence-corrected chi connectivity index (χ4v) is 2.95. The number of carbonyl (C=O) groups is 1. The van der Waals surface area contributed by atoms with Gasteiger partial charge in [-0.05, 0) is 42.7 Å². The van der Waals surface area contributed by atoms with Crippen molar-refractivity contribution in [3.05, 3.63) is 64.1 Å². The van der Waals surface area contributed by atoms with Crippen LogP contribution in [0.3, 0.4) is 0 Å². The Morgan fingerprint density at radius 1 is 1.32 bits per heavy atom. The zero-order valence-corrected chi connectivity index (χ0v) is 12.4. The van der Waals surface area contributed by atoms with Crippen molar-refractivity contribution in [1.29, 1.82) is 0 Å². The fraction of sp³-hybridized carbons (Fsp3) is 0.294. The zero-order chi connectivity index (χ0) is 15.5. The Kier molecular flexibility index (Phi) is 3.96. The maximum absolute atomic E-state index is 12.7. The molecule has 1 aromatic carbocycles. The highest BCUT2D eigenvalue weighted by atomic mass is 16.5. The van der Waals surface area contributed by atoms with Gasteiger partial charge in [-0.1, -0.05) is 12.1 Å². The number of rotatable bonds is 3. The Morgan fingerprint density at radius 3 is 2.95 bits per heavy atom. The van der Waals surface area contributed by atoms with Crippen molar-refractivity contribution in [2.45, 2.75) is 18.9 Å². The van der Waals surface area contributed by atoms with Gasteiger partial charge < -0.3 is 14.6 Å². The van der Waals surface area contributed by atoms with Gasteiger partial charge in [0.25, 0.3) is 11.5 Å². The molecule has 3 rings (SSSR count). The first-order valence-electron chi connectivity index (χ1n) is 7.33. The number of hydrogen-bond acceptors (Lipinski definition) is 3. The molecule has 0 saturated carbocycles. The molecule has 0 radical (unpaired) electrons. The minimum atomic E-state index is -0.344. The lowest BCUT2D eigenvalue weighted by molar-refractivity contribution is 0.0733. The molecule has 2 heterocycles. The van der Waals surface area contributed by atoms with Crippen molar-refractivity contribution in [2.24, 2.45) is 0 Å². The lowest BCUT2D eigenvalue weighted by Crippen LogP contribution is -2.34. The van der Waals surface area contributed by atoms with Crippen LogP contribution in [0.25, 0.3) is 0 Å². The van der Waals surface area contributed by atoms with Gasteiger partial charge >= 0.3 is 0 Å². The molecule has 1 N–H and O–H groups in total. The Morgan fingerprint density at radius 2 is 2.18 bits per heavy atom. The quantitative estimate of drug-likeness (QED) is 0.946. The lowest BCUT2D eigenvalue weighted by Gasteiger charge is -2.25. The molecule has 114 valence electrons. The average Bonchev–Trinajstić information content (AvgIpc) is 3.04. The molecule has 1 atom stereocenters. The van der Waals surface area contributed by atoms with Crippen molar-refractivity contribution in [3.63, 3.8) is 0 Å². The number of ether oxygens (including phenoxy) is 1. The topological polar surface area (TPSA) is 62.4 Å². The second-order valence-corrected chi connectivity index (χ2v) is 5.35. The molecule has 22 heavy (non-hydrogen) atoms. The molecule has 0 spiro atoms. The SMILES string of the molecule is COc1cccc(C2CCCN2C(=O)c2ccc[nH]c2=O)c1. The Labute approximate surface area is 128 Å². The standard InChI is InChI=1S/C17H18N2O3/c1-22-13-6-2-5-12(11-13)15-8-4-10-19(15)17(21)14-7-3-9-18-16(14)20/h2-3,5-7,9,11,15H,4,8,10H2,1H3,(H,18,20). The maximum Gasteiger partial charge on any atom is 0.260 e. The average molecular weight is 298 g/mol. The highest BCUT2D eigenvalue weighted by Crippen LogP contribution is 2.34. The normalized spacial score (nSPS) is 17.5. The molecular weight excluding hydrogens is 280 g/mol. The van der Waals surface area contributed by atoms with E-state index in [0.717, 1.165) is 24.2 Å². The number of H-pyrrole nitrogens is 1. The lowest BCUT2D eigenvalue weighted by atomic mass is 10.0. The smallest absolute Gasteiger partial charge is 0.260 e. The fourth-order valence-electron chi connectivity index (χ4n) is 2.95. The number of aromatic nitrogens is 1. The van der Waals surface area contributed by atoms with Gasteiger partial charge in [-0.3, -0.25) is 9.59 Å². The van der Waals surface area contributed by atoms with E-state index in [0.29, 0.717) is 6.54 Å². The predicted molar refractivity (Wildman–Crippen MR) is 83.1 cm³/mol. The molecule has 2 aromatic rings. The van der Waals surface area contributed by atoms with Gasteiger partial charge in [0.15, 0.2) is 0 Å². The van der Waals surface area contributed by atoms with Crippen molar-refractivity contribution < 1.29 is 9.53 Å². The van der Waals surface area contributed by atoms with Crippen LogP contribution in [-0.4, -0.2) is 29.4 Å². The highest BCUT2D eigenvalue weighted by Gasteiger charge is 2.31. The third kappa shape index (κ3) is 2.62. The van der Waals surface area contributed by atoms with E-state index in [9.17, 15) is 9.59 Å². The van der Waals surface area contributed by atoms with Crippen LogP contribution in [0.15, 0.2) is 47.4 Å². The summed E-state index contributed by atoms with van der Waals surface area (Å²) in [4.78, 5) is 28.8. The van der Waals surface area contributed by atoms with Gasteiger partial charge in [0.2, 0.25) is 0 Å². The number of pyridine rings is 1. The summed E-state index contributed by atoms with van der Waals surface area (Å²) in [5.74, 6) is 0.557. The number of nitrogens with one attached hydrogen (secondary N) is 1. The Balaban J connectivity index is 1.91. The minimum Gasteiger partial charge on any atom is -0.497 e. The number of likely N-dealkylation sites (tertiary alicyclic amines) is 1. The summed E-state index contributed by atoms with van der Waals surface area (Å²) < 4.78 is 5.26. The van der Waals surface area contributed by atoms with Gasteiger partial charge in [0, 0.05) is 12.7 Å². The van der Waals surface area contributed by atoms with Crippen molar-refractivity contribution in [3.8, 4) is 5.75 Å².